The Hall–Kier alpha value is -16.5. The summed E-state index contributed by atoms with van der Waals surface area (Å²) in [5, 5.41) is 0. The summed E-state index contributed by atoms with van der Waals surface area (Å²) in [5.41, 5.74) is 42.1. The Labute approximate surface area is 798 Å². The van der Waals surface area contributed by atoms with Gasteiger partial charge in [-0.1, -0.05) is 388 Å². The van der Waals surface area contributed by atoms with Crippen LogP contribution in [0.5, 0.6) is 23.0 Å². The fourth-order valence-corrected chi connectivity index (χ4v) is 27.5. The third-order valence-electron chi connectivity index (χ3n) is 30.5. The molecule has 0 bridgehead atoms. The fraction of sp³-hybridized carbons (Fsp3) is 0.0308. The quantitative estimate of drug-likeness (QED) is 0.135. The zero-order valence-corrected chi connectivity index (χ0v) is 75.3. The van der Waals surface area contributed by atoms with Crippen molar-refractivity contribution < 1.29 is 9.47 Å². The summed E-state index contributed by atoms with van der Waals surface area (Å²) in [4.78, 5) is 10.1. The molecule has 0 fully saturated rings. The van der Waals surface area contributed by atoms with E-state index in [-0.39, 0.29) is 0 Å². The largest absolute Gasteiger partial charge is 0.457 e. The highest BCUT2D eigenvalue weighted by atomic mass is 32.2. The summed E-state index contributed by atoms with van der Waals surface area (Å²) < 4.78 is 14.5. The minimum atomic E-state index is -0.795. The SMILES string of the molecule is c1ccc(-c2ccc(-c3ccc(N(c4ccc5c(c4)-c4ccccc4C54c5ccccc5Oc5c(-c6cccc(-c7cccc(N(c8ccc9c(c8)-c8ccccc8C98c9ccccc9Oc9ccccc98)c8ccc9c(c8)C8(c%10ccccc%10Sc%10ccccc%108)c8ccccc8-9)c7)c6)cccc54)c4ccc5c(c4)C4(c6ccccc6Sc6ccccc64)c4ccccc4-5)cc3)cc2)cc1. The lowest BCUT2D eigenvalue weighted by Gasteiger charge is -2.40. The Morgan fingerprint density at radius 1 is 0.147 bits per heavy atom. The third-order valence-corrected chi connectivity index (χ3v) is 32.8. The number of benzene rings is 21. The molecule has 0 saturated heterocycles. The Balaban J connectivity index is 0.583. The van der Waals surface area contributed by atoms with Gasteiger partial charge in [0.25, 0.3) is 0 Å². The summed E-state index contributed by atoms with van der Waals surface area (Å²) in [5.74, 6) is 3.41. The molecule has 4 nitrogen and oxygen atoms in total. The molecule has 4 aliphatic heterocycles. The molecule has 1 unspecified atom stereocenters. The second-order valence-corrected chi connectivity index (χ2v) is 39.1. The molecule has 6 heteroatoms. The van der Waals surface area contributed by atoms with E-state index in [0.717, 1.165) is 113 Å². The standard InChI is InChI=1S/C130H80N2O2S2/c1-2-29-81(30-3-1)82-59-61-83(62-60-82)84-63-65-88(66-64-84)131(92-67-71-99-95-35-4-8-40-103(95)129(117(99)79-92)112-47-15-22-55-122(112)135-123-56-23-16-48-113(123)129)90-69-74-108-102(77-90)98-38-7-11-43-106(98)128(108)111-46-14-21-54-121(111)134-126-94(39-28-51-116(126)128)87-33-26-31-85(75-87)86-32-27-34-89(76-86)132(91-70-73-107-101(78-91)97-37-6-10-42-105(97)127(107)109-44-12-19-52-119(109)133-120-53-20-13-45-110(120)127)93-68-72-100-96-36-5-9-41-104(96)130(118(100)80-93)114-49-17-24-57-124(114)136-125-58-25-18-50-115(125)130/h1-80H. The average Bonchev–Trinajstić information content (AvgIpc) is 1.51. The minimum Gasteiger partial charge on any atom is -0.457 e. The van der Waals surface area contributed by atoms with E-state index in [1.165, 1.54) is 142 Å². The molecule has 1 atom stereocenters. The van der Waals surface area contributed by atoms with Crippen LogP contribution in [0.3, 0.4) is 0 Å². The van der Waals surface area contributed by atoms with Crippen LogP contribution in [0.25, 0.3) is 89.0 Å². The van der Waals surface area contributed by atoms with E-state index < -0.39 is 21.7 Å². The molecule has 0 saturated carbocycles. The number of anilines is 6. The molecule has 21 aromatic carbocycles. The summed E-state index contributed by atoms with van der Waals surface area (Å²) in [6.07, 6.45) is 0. The van der Waals surface area contributed by atoms with Gasteiger partial charge in [0.05, 0.1) is 21.7 Å². The summed E-state index contributed by atoms with van der Waals surface area (Å²) in [6.45, 7) is 0. The molecule has 21 aromatic rings. The van der Waals surface area contributed by atoms with Crippen LogP contribution in [-0.2, 0) is 21.7 Å². The smallest absolute Gasteiger partial charge is 0.140 e. The normalized spacial score (nSPS) is 15.2. The van der Waals surface area contributed by atoms with Gasteiger partial charge >= 0.3 is 0 Å². The molecule has 0 amide bonds. The second kappa shape index (κ2) is 29.5. The lowest BCUT2D eigenvalue weighted by atomic mass is 9.65. The Kier molecular flexibility index (Phi) is 16.7. The van der Waals surface area contributed by atoms with Crippen LogP contribution in [0, 0.1) is 0 Å². The second-order valence-electron chi connectivity index (χ2n) is 37.0. The summed E-state index contributed by atoms with van der Waals surface area (Å²) >= 11 is 3.76. The van der Waals surface area contributed by atoms with Gasteiger partial charge in [0.2, 0.25) is 0 Å². The average molecular weight is 1770 g/mol. The van der Waals surface area contributed by atoms with E-state index in [1.54, 1.807) is 0 Å². The first-order valence-electron chi connectivity index (χ1n) is 47.0. The van der Waals surface area contributed by atoms with Crippen molar-refractivity contribution in [3.05, 3.63) is 574 Å². The monoisotopic (exact) mass is 1760 g/mol. The molecule has 29 rings (SSSR count). The van der Waals surface area contributed by atoms with E-state index in [2.05, 4.69) is 495 Å². The van der Waals surface area contributed by atoms with Crippen molar-refractivity contribution in [2.75, 3.05) is 9.80 Å². The number of nitrogens with zero attached hydrogens (tertiary/aromatic N) is 2. The topological polar surface area (TPSA) is 24.9 Å². The molecule has 0 radical (unpaired) electrons. The lowest BCUT2D eigenvalue weighted by Crippen LogP contribution is -2.32. The van der Waals surface area contributed by atoms with E-state index in [4.69, 9.17) is 9.47 Å². The van der Waals surface area contributed by atoms with Crippen LogP contribution in [0.2, 0.25) is 0 Å². The van der Waals surface area contributed by atoms with Crippen molar-refractivity contribution >= 4 is 57.6 Å². The van der Waals surface area contributed by atoms with Gasteiger partial charge in [-0.15, -0.1) is 0 Å². The maximum atomic E-state index is 7.60. The number of hydrogen-bond acceptors (Lipinski definition) is 6. The number of ether oxygens (including phenoxy) is 2. The zero-order chi connectivity index (χ0) is 89.1. The fourth-order valence-electron chi connectivity index (χ4n) is 25.1. The first kappa shape index (κ1) is 77.1. The summed E-state index contributed by atoms with van der Waals surface area (Å²) in [6, 6.07) is 182. The molecule has 8 aliphatic rings. The van der Waals surface area contributed by atoms with Gasteiger partial charge in [-0.3, -0.25) is 0 Å². The molecular formula is C130H80N2O2S2. The maximum absolute atomic E-state index is 7.60. The van der Waals surface area contributed by atoms with Crippen molar-refractivity contribution in [3.8, 4) is 112 Å². The molecule has 4 spiro atoms. The van der Waals surface area contributed by atoms with Gasteiger partial charge in [-0.2, -0.15) is 0 Å². The number of para-hydroxylation sites is 4. The molecule has 634 valence electrons. The van der Waals surface area contributed by atoms with Crippen molar-refractivity contribution in [1.29, 1.82) is 0 Å². The Bertz CT molecular complexity index is 8530. The van der Waals surface area contributed by atoms with Crippen molar-refractivity contribution in [1.82, 2.24) is 0 Å². The van der Waals surface area contributed by atoms with Gasteiger partial charge in [-0.05, 0) is 272 Å². The molecule has 4 aliphatic carbocycles. The van der Waals surface area contributed by atoms with Crippen LogP contribution in [-0.4, -0.2) is 0 Å². The molecule has 136 heavy (non-hydrogen) atoms. The lowest BCUT2D eigenvalue weighted by molar-refractivity contribution is 0.436. The van der Waals surface area contributed by atoms with Crippen LogP contribution in [0.1, 0.15) is 89.0 Å². The van der Waals surface area contributed by atoms with E-state index in [1.807, 2.05) is 23.5 Å². The Morgan fingerprint density at radius 3 is 0.897 bits per heavy atom. The van der Waals surface area contributed by atoms with E-state index in [0.29, 0.717) is 0 Å². The van der Waals surface area contributed by atoms with Crippen molar-refractivity contribution in [3.63, 3.8) is 0 Å². The maximum Gasteiger partial charge on any atom is 0.140 e. The highest BCUT2D eigenvalue weighted by Gasteiger charge is 2.56. The van der Waals surface area contributed by atoms with Gasteiger partial charge < -0.3 is 19.3 Å². The number of fused-ring (bicyclic) bond motifs is 36. The predicted molar refractivity (Wildman–Crippen MR) is 555 cm³/mol. The first-order valence-corrected chi connectivity index (χ1v) is 48.6. The van der Waals surface area contributed by atoms with Crippen LogP contribution in [0.15, 0.2) is 505 Å². The number of hydrogen-bond donors (Lipinski definition) is 0. The van der Waals surface area contributed by atoms with E-state index in [9.17, 15) is 0 Å². The van der Waals surface area contributed by atoms with Crippen LogP contribution in [0.4, 0.5) is 34.1 Å². The highest BCUT2D eigenvalue weighted by molar-refractivity contribution is 7.99. The molecule has 0 N–H and O–H groups in total. The molecule has 0 aromatic heterocycles. The molecular weight excluding hydrogens is 1690 g/mol. The van der Waals surface area contributed by atoms with Gasteiger partial charge in [0.15, 0.2) is 0 Å². The first-order chi connectivity index (χ1) is 67.4. The zero-order valence-electron chi connectivity index (χ0n) is 73.7. The van der Waals surface area contributed by atoms with Gasteiger partial charge in [0.1, 0.15) is 23.0 Å². The van der Waals surface area contributed by atoms with Crippen LogP contribution >= 0.6 is 23.5 Å². The molecule has 4 heterocycles. The van der Waals surface area contributed by atoms with Gasteiger partial charge in [0, 0.05) is 81.5 Å². The summed E-state index contributed by atoms with van der Waals surface area (Å²) in [7, 11) is 0. The van der Waals surface area contributed by atoms with Crippen LogP contribution < -0.4 is 19.3 Å². The minimum absolute atomic E-state index is 0.582. The van der Waals surface area contributed by atoms with E-state index >= 15 is 0 Å². The highest BCUT2D eigenvalue weighted by Crippen LogP contribution is 2.70. The predicted octanol–water partition coefficient (Wildman–Crippen LogP) is 33.9. The van der Waals surface area contributed by atoms with Crippen molar-refractivity contribution in [2.45, 2.75) is 41.2 Å². The van der Waals surface area contributed by atoms with Gasteiger partial charge in [-0.25, -0.2) is 0 Å². The van der Waals surface area contributed by atoms with Crippen molar-refractivity contribution in [2.24, 2.45) is 0 Å². The third kappa shape index (κ3) is 10.7. The number of rotatable bonds is 10. The Morgan fingerprint density at radius 2 is 0.426 bits per heavy atom.